The molecule has 3 aromatic carbocycles. The van der Waals surface area contributed by atoms with Gasteiger partial charge < -0.3 is 26.4 Å². The maximum Gasteiger partial charge on any atom is 0.252 e. The molecule has 2 aliphatic heterocycles. The number of anilines is 2. The second-order valence-electron chi connectivity index (χ2n) is 11.9. The molecule has 0 aliphatic carbocycles. The third-order valence-corrected chi connectivity index (χ3v) is 8.35. The first-order valence-corrected chi connectivity index (χ1v) is 14.2. The third-order valence-electron chi connectivity index (χ3n) is 7.84. The molecule has 42 heavy (non-hydrogen) atoms. The molecule has 1 spiro atoms. The Morgan fingerprint density at radius 1 is 1.14 bits per heavy atom. The van der Waals surface area contributed by atoms with E-state index in [4.69, 9.17) is 33.7 Å². The molecule has 220 valence electrons. The Morgan fingerprint density at radius 3 is 2.55 bits per heavy atom. The first-order valence-electron chi connectivity index (χ1n) is 13.4. The van der Waals surface area contributed by atoms with E-state index in [1.165, 1.54) is 25.3 Å². The Morgan fingerprint density at radius 2 is 1.88 bits per heavy atom. The van der Waals surface area contributed by atoms with Crippen LogP contribution in [0, 0.1) is 11.2 Å². The van der Waals surface area contributed by atoms with Crippen molar-refractivity contribution in [2.75, 3.05) is 17.7 Å². The monoisotopic (exact) mass is 612 g/mol. The molecule has 5 rings (SSSR count). The van der Waals surface area contributed by atoms with Crippen LogP contribution in [0.2, 0.25) is 10.0 Å². The Bertz CT molecular complexity index is 1620. The first kappa shape index (κ1) is 29.8. The van der Waals surface area contributed by atoms with Crippen LogP contribution >= 0.6 is 23.2 Å². The molecule has 1 fully saturated rings. The number of fused-ring (bicyclic) bond motifs is 2. The SMILES string of the molecule is COc1cc(NC(=O)[C@H]2C[C@]3(C(=O)Nc4cc(Cl)cc(-c5cccc(Cl)c5F)c43)[C@H](CC(C)(C)C)N2)ccc1C(N)=O. The van der Waals surface area contributed by atoms with Crippen molar-refractivity contribution in [3.8, 4) is 16.9 Å². The van der Waals surface area contributed by atoms with E-state index in [1.807, 2.05) is 0 Å². The van der Waals surface area contributed by atoms with Crippen molar-refractivity contribution in [1.82, 2.24) is 5.32 Å². The Kier molecular flexibility index (Phi) is 7.72. The summed E-state index contributed by atoms with van der Waals surface area (Å²) in [4.78, 5) is 39.4. The minimum atomic E-state index is -1.22. The zero-order valence-corrected chi connectivity index (χ0v) is 25.0. The Hall–Kier alpha value is -3.66. The highest BCUT2D eigenvalue weighted by Crippen LogP contribution is 2.54. The number of hydrogen-bond donors (Lipinski definition) is 4. The van der Waals surface area contributed by atoms with Gasteiger partial charge in [0, 0.05) is 39.6 Å². The van der Waals surface area contributed by atoms with Gasteiger partial charge in [0.2, 0.25) is 11.8 Å². The highest BCUT2D eigenvalue weighted by atomic mass is 35.5. The molecule has 3 atom stereocenters. The molecule has 11 heteroatoms. The lowest BCUT2D eigenvalue weighted by atomic mass is 9.68. The summed E-state index contributed by atoms with van der Waals surface area (Å²) in [6, 6.07) is 11.2. The second-order valence-corrected chi connectivity index (χ2v) is 12.8. The molecule has 0 radical (unpaired) electrons. The van der Waals surface area contributed by atoms with Gasteiger partial charge >= 0.3 is 0 Å². The van der Waals surface area contributed by atoms with Crippen LogP contribution in [-0.2, 0) is 15.0 Å². The summed E-state index contributed by atoms with van der Waals surface area (Å²) in [5.74, 6) is -1.75. The Labute approximate surface area is 253 Å². The van der Waals surface area contributed by atoms with Gasteiger partial charge in [-0.05, 0) is 54.2 Å². The van der Waals surface area contributed by atoms with E-state index in [9.17, 15) is 14.4 Å². The van der Waals surface area contributed by atoms with Crippen LogP contribution in [0.15, 0.2) is 48.5 Å². The number of carbonyl (C=O) groups is 3. The number of hydrogen-bond acceptors (Lipinski definition) is 5. The molecule has 1 saturated heterocycles. The van der Waals surface area contributed by atoms with Crippen molar-refractivity contribution in [3.05, 3.63) is 75.5 Å². The molecule has 2 aliphatic rings. The van der Waals surface area contributed by atoms with Crippen LogP contribution in [0.5, 0.6) is 5.75 Å². The van der Waals surface area contributed by atoms with Crippen LogP contribution in [0.3, 0.4) is 0 Å². The van der Waals surface area contributed by atoms with Crippen LogP contribution in [0.4, 0.5) is 15.8 Å². The number of rotatable bonds is 6. The summed E-state index contributed by atoms with van der Waals surface area (Å²) < 4.78 is 20.7. The number of halogens is 3. The van der Waals surface area contributed by atoms with Gasteiger partial charge in [-0.25, -0.2) is 4.39 Å². The molecule has 3 amide bonds. The van der Waals surface area contributed by atoms with Gasteiger partial charge in [0.1, 0.15) is 11.6 Å². The number of nitrogens with two attached hydrogens (primary N) is 1. The zero-order valence-electron chi connectivity index (χ0n) is 23.5. The fraction of sp³-hybridized carbons (Fsp3) is 0.323. The standard InChI is InChI=1S/C31H31Cl2FN4O4/c1-30(2,3)14-24-31(13-22(37-24)28(40)36-16-8-9-18(27(35)39)23(12-16)42-4)25-19(17-6-5-7-20(33)26(17)34)10-15(32)11-21(25)38-29(31)41/h5-12,22,24,37H,13-14H2,1-4H3,(H2,35,39)(H,36,40)(H,38,41)/t22-,24+,31+/m1/s1. The quantitative estimate of drug-likeness (QED) is 0.276. The van der Waals surface area contributed by atoms with E-state index in [2.05, 4.69) is 36.7 Å². The van der Waals surface area contributed by atoms with Crippen LogP contribution < -0.4 is 26.4 Å². The van der Waals surface area contributed by atoms with Crippen LogP contribution in [0.1, 0.15) is 49.5 Å². The van der Waals surface area contributed by atoms with E-state index in [1.54, 1.807) is 30.3 Å². The molecule has 0 saturated carbocycles. The van der Waals surface area contributed by atoms with Gasteiger partial charge in [-0.2, -0.15) is 0 Å². The fourth-order valence-electron chi connectivity index (χ4n) is 6.11. The van der Waals surface area contributed by atoms with E-state index in [0.717, 1.165) is 0 Å². The topological polar surface area (TPSA) is 123 Å². The lowest BCUT2D eigenvalue weighted by molar-refractivity contribution is -0.121. The minimum Gasteiger partial charge on any atom is -0.496 e. The lowest BCUT2D eigenvalue weighted by Crippen LogP contribution is -2.48. The number of benzene rings is 3. The molecular weight excluding hydrogens is 582 g/mol. The van der Waals surface area contributed by atoms with Crippen molar-refractivity contribution in [2.24, 2.45) is 11.1 Å². The van der Waals surface area contributed by atoms with E-state index in [-0.39, 0.29) is 45.5 Å². The van der Waals surface area contributed by atoms with E-state index in [0.29, 0.717) is 33.9 Å². The predicted molar refractivity (Wildman–Crippen MR) is 162 cm³/mol. The van der Waals surface area contributed by atoms with Crippen molar-refractivity contribution in [2.45, 2.75) is 51.1 Å². The smallest absolute Gasteiger partial charge is 0.252 e. The molecule has 3 aromatic rings. The summed E-state index contributed by atoms with van der Waals surface area (Å²) in [7, 11) is 1.40. The van der Waals surface area contributed by atoms with Gasteiger partial charge in [-0.3, -0.25) is 14.4 Å². The first-order chi connectivity index (χ1) is 19.7. The zero-order chi connectivity index (χ0) is 30.6. The summed E-state index contributed by atoms with van der Waals surface area (Å²) in [5, 5.41) is 9.50. The fourth-order valence-corrected chi connectivity index (χ4v) is 6.50. The number of primary amides is 1. The number of carbonyl (C=O) groups excluding carboxylic acids is 3. The summed E-state index contributed by atoms with van der Waals surface area (Å²) in [5.41, 5.74) is 6.22. The maximum absolute atomic E-state index is 15.4. The molecule has 0 unspecified atom stereocenters. The molecule has 0 aromatic heterocycles. The largest absolute Gasteiger partial charge is 0.496 e. The second kappa shape index (κ2) is 10.9. The highest BCUT2D eigenvalue weighted by molar-refractivity contribution is 6.32. The molecule has 0 bridgehead atoms. The van der Waals surface area contributed by atoms with Crippen molar-refractivity contribution in [3.63, 3.8) is 0 Å². The molecular formula is C31H31Cl2FN4O4. The van der Waals surface area contributed by atoms with Crippen LogP contribution in [-0.4, -0.2) is 36.9 Å². The predicted octanol–water partition coefficient (Wildman–Crippen LogP) is 5.90. The lowest BCUT2D eigenvalue weighted by Gasteiger charge is -2.34. The van der Waals surface area contributed by atoms with E-state index >= 15 is 4.39 Å². The van der Waals surface area contributed by atoms with Crippen molar-refractivity contribution < 1.29 is 23.5 Å². The number of amides is 3. The highest BCUT2D eigenvalue weighted by Gasteiger charge is 2.60. The van der Waals surface area contributed by atoms with Gasteiger partial charge in [-0.1, -0.05) is 56.1 Å². The third kappa shape index (κ3) is 5.21. The van der Waals surface area contributed by atoms with Crippen molar-refractivity contribution >= 4 is 52.3 Å². The van der Waals surface area contributed by atoms with Gasteiger partial charge in [0.05, 0.1) is 29.2 Å². The number of nitrogens with one attached hydrogen (secondary N) is 3. The molecule has 8 nitrogen and oxygen atoms in total. The average molecular weight is 614 g/mol. The minimum absolute atomic E-state index is 0.0571. The normalized spacial score (nSPS) is 21.3. The average Bonchev–Trinajstić information content (AvgIpc) is 3.41. The van der Waals surface area contributed by atoms with Gasteiger partial charge in [0.25, 0.3) is 5.91 Å². The summed E-state index contributed by atoms with van der Waals surface area (Å²) in [6.45, 7) is 6.15. The maximum atomic E-state index is 15.4. The van der Waals surface area contributed by atoms with E-state index < -0.39 is 29.2 Å². The number of ether oxygens (including phenoxy) is 1. The Balaban J connectivity index is 1.59. The summed E-state index contributed by atoms with van der Waals surface area (Å²) in [6.07, 6.45) is 0.636. The van der Waals surface area contributed by atoms with Gasteiger partial charge in [-0.15, -0.1) is 0 Å². The number of methoxy groups -OCH3 is 1. The summed E-state index contributed by atoms with van der Waals surface area (Å²) >= 11 is 12.6. The van der Waals surface area contributed by atoms with Crippen molar-refractivity contribution in [1.29, 1.82) is 0 Å². The molecule has 2 heterocycles. The molecule has 5 N–H and O–H groups in total. The van der Waals surface area contributed by atoms with Gasteiger partial charge in [0.15, 0.2) is 0 Å². The van der Waals surface area contributed by atoms with Crippen LogP contribution in [0.25, 0.3) is 11.1 Å².